The highest BCUT2D eigenvalue weighted by Gasteiger charge is 2.38. The highest BCUT2D eigenvalue weighted by atomic mass is 16.4. The highest BCUT2D eigenvalue weighted by molar-refractivity contribution is 5.94. The molecular weight excluding hydrogens is 424 g/mol. The number of nitrogens with two attached hydrogens (primary N) is 3. The Morgan fingerprint density at radius 3 is 2.25 bits per heavy atom. The summed E-state index contributed by atoms with van der Waals surface area (Å²) in [5.41, 5.74) is 16.1. The Hall–Kier alpha value is -2.77. The van der Waals surface area contributed by atoms with E-state index in [-0.39, 0.29) is 32.2 Å². The minimum Gasteiger partial charge on any atom is -0.480 e. The monoisotopic (exact) mass is 458 g/mol. The lowest BCUT2D eigenvalue weighted by Crippen LogP contribution is -2.57. The van der Waals surface area contributed by atoms with Gasteiger partial charge in [-0.15, -0.1) is 0 Å². The van der Waals surface area contributed by atoms with E-state index in [1.165, 1.54) is 0 Å². The number of primary amides is 1. The molecule has 0 radical (unpaired) electrons. The van der Waals surface area contributed by atoms with Crippen LogP contribution in [0.4, 0.5) is 0 Å². The van der Waals surface area contributed by atoms with Gasteiger partial charge in [0.2, 0.25) is 23.6 Å². The predicted octanol–water partition coefficient (Wildman–Crippen LogP) is -3.25. The minimum atomic E-state index is -1.23. The topological polar surface area (TPSA) is 231 Å². The molecule has 1 aliphatic heterocycles. The molecule has 1 saturated heterocycles. The van der Waals surface area contributed by atoms with E-state index in [2.05, 4.69) is 10.6 Å². The van der Waals surface area contributed by atoms with Gasteiger partial charge in [0.25, 0.3) is 0 Å². The lowest BCUT2D eigenvalue weighted by molar-refractivity contribution is -0.149. The second-order valence-corrected chi connectivity index (χ2v) is 7.73. The molecule has 13 nitrogen and oxygen atoms in total. The Morgan fingerprint density at radius 2 is 1.69 bits per heavy atom. The fourth-order valence-electron chi connectivity index (χ4n) is 3.43. The molecular formula is C19H34N6O7. The van der Waals surface area contributed by atoms with Gasteiger partial charge in [-0.05, 0) is 45.1 Å². The van der Waals surface area contributed by atoms with E-state index in [4.69, 9.17) is 22.3 Å². The zero-order valence-corrected chi connectivity index (χ0v) is 18.0. The number of hydrogen-bond acceptors (Lipinski definition) is 8. The minimum absolute atomic E-state index is 0.123. The van der Waals surface area contributed by atoms with Crippen LogP contribution in [0.15, 0.2) is 0 Å². The second-order valence-electron chi connectivity index (χ2n) is 7.73. The van der Waals surface area contributed by atoms with Crippen LogP contribution >= 0.6 is 0 Å². The maximum atomic E-state index is 13.0. The van der Waals surface area contributed by atoms with E-state index in [1.807, 2.05) is 0 Å². The summed E-state index contributed by atoms with van der Waals surface area (Å²) in [6, 6.07) is -4.51. The van der Waals surface area contributed by atoms with Crippen molar-refractivity contribution in [2.24, 2.45) is 17.2 Å². The maximum absolute atomic E-state index is 13.0. The molecule has 1 aliphatic rings. The molecule has 0 bridgehead atoms. The van der Waals surface area contributed by atoms with Crippen LogP contribution in [0.5, 0.6) is 0 Å². The van der Waals surface area contributed by atoms with Gasteiger partial charge in [0.15, 0.2) is 0 Å². The van der Waals surface area contributed by atoms with Crippen molar-refractivity contribution >= 4 is 29.6 Å². The van der Waals surface area contributed by atoms with E-state index in [0.717, 1.165) is 4.90 Å². The second kappa shape index (κ2) is 13.6. The van der Waals surface area contributed by atoms with Crippen LogP contribution in [0, 0.1) is 0 Å². The average molecular weight is 459 g/mol. The molecule has 0 saturated carbocycles. The largest absolute Gasteiger partial charge is 0.480 e. The van der Waals surface area contributed by atoms with Gasteiger partial charge in [0.1, 0.15) is 24.2 Å². The molecule has 0 spiro atoms. The summed E-state index contributed by atoms with van der Waals surface area (Å²) in [6.45, 7) is -0.0291. The molecule has 13 heteroatoms. The molecule has 182 valence electrons. The first-order valence-electron chi connectivity index (χ1n) is 10.6. The number of hydrogen-bond donors (Lipinski definition) is 7. The van der Waals surface area contributed by atoms with Gasteiger partial charge in [-0.2, -0.15) is 0 Å². The summed E-state index contributed by atoms with van der Waals surface area (Å²) in [6.07, 6.45) is 1.74. The number of nitrogens with zero attached hydrogens (tertiary/aromatic N) is 1. The third-order valence-electron chi connectivity index (χ3n) is 5.23. The van der Waals surface area contributed by atoms with Crippen molar-refractivity contribution in [3.8, 4) is 0 Å². The first-order valence-corrected chi connectivity index (χ1v) is 10.6. The standard InChI is InChI=1S/C19H34N6O7/c20-8-2-1-4-12(23-16(28)11(21)10-26)17(29)24-13(6-7-15(22)27)18(30)25-9-3-5-14(25)19(31)32/h11-14,26H,1-10,20-21H2,(H2,22,27)(H,23,28)(H,24,29)(H,31,32). The lowest BCUT2D eigenvalue weighted by atomic mass is 10.0. The molecule has 1 fully saturated rings. The number of amides is 4. The molecule has 4 amide bonds. The Balaban J connectivity index is 2.99. The van der Waals surface area contributed by atoms with Gasteiger partial charge in [0.05, 0.1) is 6.61 Å². The van der Waals surface area contributed by atoms with E-state index in [9.17, 15) is 29.1 Å². The van der Waals surface area contributed by atoms with Gasteiger partial charge in [-0.1, -0.05) is 0 Å². The smallest absolute Gasteiger partial charge is 0.326 e. The molecule has 4 unspecified atom stereocenters. The lowest BCUT2D eigenvalue weighted by Gasteiger charge is -2.29. The van der Waals surface area contributed by atoms with Crippen LogP contribution in [0.1, 0.15) is 44.9 Å². The molecule has 1 rings (SSSR count). The molecule has 10 N–H and O–H groups in total. The number of nitrogens with one attached hydrogen (secondary N) is 2. The summed E-state index contributed by atoms with van der Waals surface area (Å²) in [7, 11) is 0. The first-order chi connectivity index (χ1) is 15.1. The summed E-state index contributed by atoms with van der Waals surface area (Å²) in [5.74, 6) is -3.92. The number of rotatable bonds is 14. The van der Waals surface area contributed by atoms with Crippen LogP contribution in [-0.2, 0) is 24.0 Å². The number of carboxylic acid groups (broad SMARTS) is 1. The van der Waals surface area contributed by atoms with Crippen LogP contribution in [0.2, 0.25) is 0 Å². The summed E-state index contributed by atoms with van der Waals surface area (Å²) in [4.78, 5) is 61.9. The van der Waals surface area contributed by atoms with E-state index in [1.54, 1.807) is 0 Å². The number of aliphatic carboxylic acids is 1. The molecule has 32 heavy (non-hydrogen) atoms. The van der Waals surface area contributed by atoms with Crippen LogP contribution in [0.3, 0.4) is 0 Å². The number of likely N-dealkylation sites (tertiary alicyclic amines) is 1. The van der Waals surface area contributed by atoms with Gasteiger partial charge in [-0.3, -0.25) is 19.2 Å². The first kappa shape index (κ1) is 27.3. The molecule has 1 heterocycles. The van der Waals surface area contributed by atoms with Crippen molar-refractivity contribution in [1.82, 2.24) is 15.5 Å². The quantitative estimate of drug-likeness (QED) is 0.129. The maximum Gasteiger partial charge on any atom is 0.326 e. The normalized spacial score (nSPS) is 18.5. The van der Waals surface area contributed by atoms with Crippen LogP contribution < -0.4 is 27.8 Å². The number of unbranched alkanes of at least 4 members (excludes halogenated alkanes) is 1. The zero-order chi connectivity index (χ0) is 24.3. The van der Waals surface area contributed by atoms with E-state index < -0.39 is 60.4 Å². The SMILES string of the molecule is NCCCCC(NC(=O)C(N)CO)C(=O)NC(CCC(N)=O)C(=O)N1CCCC1C(=O)O. The third-order valence-corrected chi connectivity index (χ3v) is 5.23. The van der Waals surface area contributed by atoms with Crippen molar-refractivity contribution in [3.05, 3.63) is 0 Å². The van der Waals surface area contributed by atoms with Gasteiger partial charge < -0.3 is 42.9 Å². The van der Waals surface area contributed by atoms with Crippen molar-refractivity contribution in [2.45, 2.75) is 69.1 Å². The van der Waals surface area contributed by atoms with Crippen LogP contribution in [0.25, 0.3) is 0 Å². The zero-order valence-electron chi connectivity index (χ0n) is 18.0. The molecule has 0 aromatic heterocycles. The highest BCUT2D eigenvalue weighted by Crippen LogP contribution is 2.19. The van der Waals surface area contributed by atoms with Gasteiger partial charge in [-0.25, -0.2) is 4.79 Å². The summed E-state index contributed by atoms with van der Waals surface area (Å²) < 4.78 is 0. The Morgan fingerprint density at radius 1 is 1.03 bits per heavy atom. The molecule has 4 atom stereocenters. The number of carbonyl (C=O) groups excluding carboxylic acids is 4. The fourth-order valence-corrected chi connectivity index (χ4v) is 3.43. The average Bonchev–Trinajstić information content (AvgIpc) is 3.24. The Labute approximate surface area is 186 Å². The van der Waals surface area contributed by atoms with E-state index in [0.29, 0.717) is 25.8 Å². The summed E-state index contributed by atoms with van der Waals surface area (Å²) >= 11 is 0. The number of carbonyl (C=O) groups is 5. The number of aliphatic hydroxyl groups excluding tert-OH is 1. The van der Waals surface area contributed by atoms with Crippen molar-refractivity contribution in [3.63, 3.8) is 0 Å². The molecule has 0 aromatic carbocycles. The molecule has 0 aromatic rings. The van der Waals surface area contributed by atoms with Gasteiger partial charge >= 0.3 is 5.97 Å². The van der Waals surface area contributed by atoms with E-state index >= 15 is 0 Å². The number of aliphatic hydroxyl groups is 1. The third kappa shape index (κ3) is 8.40. The predicted molar refractivity (Wildman–Crippen MR) is 113 cm³/mol. The fraction of sp³-hybridized carbons (Fsp3) is 0.737. The van der Waals surface area contributed by atoms with Crippen molar-refractivity contribution in [2.75, 3.05) is 19.7 Å². The summed E-state index contributed by atoms with van der Waals surface area (Å²) in [5, 5.41) is 23.4. The molecule has 0 aliphatic carbocycles. The van der Waals surface area contributed by atoms with Gasteiger partial charge in [0, 0.05) is 13.0 Å². The van der Waals surface area contributed by atoms with Crippen molar-refractivity contribution in [1.29, 1.82) is 0 Å². The van der Waals surface area contributed by atoms with Crippen LogP contribution in [-0.4, -0.2) is 88.6 Å². The van der Waals surface area contributed by atoms with Crippen molar-refractivity contribution < 1.29 is 34.2 Å². The Bertz CT molecular complexity index is 689. The number of carboxylic acids is 1. The Kier molecular flexibility index (Phi) is 11.6.